The number of nitrogens with zero attached hydrogens (tertiary/aromatic N) is 2. The second-order valence-electron chi connectivity index (χ2n) is 7.90. The fraction of sp³-hybridized carbons (Fsp3) is 0.478. The number of fused-ring (bicyclic) bond motifs is 1. The van der Waals surface area contributed by atoms with Crippen molar-refractivity contribution in [1.82, 2.24) is 15.1 Å². The van der Waals surface area contributed by atoms with Gasteiger partial charge in [-0.1, -0.05) is 50.2 Å². The largest absolute Gasteiger partial charge is 0.373 e. The van der Waals surface area contributed by atoms with Crippen LogP contribution >= 0.6 is 0 Å². The molecule has 1 heterocycles. The molecule has 29 heavy (non-hydrogen) atoms. The van der Waals surface area contributed by atoms with Crippen molar-refractivity contribution in [3.8, 4) is 0 Å². The Labute approximate surface area is 172 Å². The fourth-order valence-electron chi connectivity index (χ4n) is 3.79. The predicted octanol–water partition coefficient (Wildman–Crippen LogP) is 3.37. The van der Waals surface area contributed by atoms with Crippen LogP contribution in [0.3, 0.4) is 0 Å². The minimum absolute atomic E-state index is 0.00855. The first-order valence-corrected chi connectivity index (χ1v) is 10.4. The molecule has 1 saturated heterocycles. The summed E-state index contributed by atoms with van der Waals surface area (Å²) >= 11 is 0. The van der Waals surface area contributed by atoms with E-state index in [0.717, 1.165) is 10.8 Å². The number of nitrogens with one attached hydrogen (secondary N) is 1. The van der Waals surface area contributed by atoms with E-state index in [-0.39, 0.29) is 18.0 Å². The predicted molar refractivity (Wildman–Crippen MR) is 115 cm³/mol. The summed E-state index contributed by atoms with van der Waals surface area (Å²) in [7, 11) is 0. The number of benzene rings is 2. The molecule has 0 spiro atoms. The van der Waals surface area contributed by atoms with Crippen LogP contribution in [0.15, 0.2) is 42.5 Å². The lowest BCUT2D eigenvalue weighted by Gasteiger charge is -2.36. The van der Waals surface area contributed by atoms with Gasteiger partial charge in [0.1, 0.15) is 0 Å². The van der Waals surface area contributed by atoms with Crippen molar-refractivity contribution >= 4 is 22.7 Å². The third-order valence-electron chi connectivity index (χ3n) is 5.07. The van der Waals surface area contributed by atoms with E-state index in [0.29, 0.717) is 50.8 Å². The Kier molecular flexibility index (Phi) is 7.09. The van der Waals surface area contributed by atoms with E-state index in [9.17, 15) is 9.59 Å². The van der Waals surface area contributed by atoms with Crippen molar-refractivity contribution < 1.29 is 14.3 Å². The molecule has 1 aliphatic rings. The number of urea groups is 1. The average molecular weight is 398 g/mol. The molecule has 156 valence electrons. The van der Waals surface area contributed by atoms with E-state index < -0.39 is 0 Å². The summed E-state index contributed by atoms with van der Waals surface area (Å²) in [4.78, 5) is 29.3. The van der Waals surface area contributed by atoms with Crippen molar-refractivity contribution in [1.29, 1.82) is 0 Å². The lowest BCUT2D eigenvalue weighted by atomic mass is 10.0. The molecule has 0 bridgehead atoms. The Bertz CT molecular complexity index is 847. The van der Waals surface area contributed by atoms with E-state index in [2.05, 4.69) is 19.2 Å². The van der Waals surface area contributed by atoms with Crippen LogP contribution in [0.25, 0.3) is 10.8 Å². The molecule has 2 aromatic carbocycles. The standard InChI is InChI=1S/C23H31N3O3/c1-4-24-23(28)25-12-13-29-19(15-25)16-26(14-17(2)3)22(27)21-11-7-9-18-8-5-6-10-20(18)21/h5-11,17,19H,4,12-16H2,1-3H3,(H,24,28). The lowest BCUT2D eigenvalue weighted by molar-refractivity contribution is -0.0286. The highest BCUT2D eigenvalue weighted by atomic mass is 16.5. The molecule has 3 amide bonds. The second kappa shape index (κ2) is 9.74. The fourth-order valence-corrected chi connectivity index (χ4v) is 3.79. The molecule has 1 atom stereocenters. The number of morpholine rings is 1. The van der Waals surface area contributed by atoms with Gasteiger partial charge >= 0.3 is 6.03 Å². The Morgan fingerprint density at radius 2 is 1.97 bits per heavy atom. The summed E-state index contributed by atoms with van der Waals surface area (Å²) in [6.07, 6.45) is -0.191. The number of hydrogen-bond acceptors (Lipinski definition) is 3. The van der Waals surface area contributed by atoms with Crippen LogP contribution in [0, 0.1) is 5.92 Å². The zero-order valence-corrected chi connectivity index (χ0v) is 17.6. The molecular weight excluding hydrogens is 366 g/mol. The van der Waals surface area contributed by atoms with Crippen LogP contribution < -0.4 is 5.32 Å². The van der Waals surface area contributed by atoms with Crippen LogP contribution in [0.1, 0.15) is 31.1 Å². The van der Waals surface area contributed by atoms with Gasteiger partial charge in [0.15, 0.2) is 0 Å². The summed E-state index contributed by atoms with van der Waals surface area (Å²) in [5.41, 5.74) is 0.708. The number of rotatable bonds is 6. The zero-order valence-electron chi connectivity index (χ0n) is 17.6. The van der Waals surface area contributed by atoms with Crippen LogP contribution in [0.4, 0.5) is 4.79 Å². The molecule has 1 N–H and O–H groups in total. The van der Waals surface area contributed by atoms with Gasteiger partial charge in [0.25, 0.3) is 5.91 Å². The van der Waals surface area contributed by atoms with Crippen molar-refractivity contribution in [2.24, 2.45) is 5.92 Å². The van der Waals surface area contributed by atoms with Gasteiger partial charge in [-0.3, -0.25) is 4.79 Å². The smallest absolute Gasteiger partial charge is 0.317 e. The summed E-state index contributed by atoms with van der Waals surface area (Å²) in [6, 6.07) is 13.7. The highest BCUT2D eigenvalue weighted by molar-refractivity contribution is 6.07. The minimum atomic E-state index is -0.191. The van der Waals surface area contributed by atoms with Crippen LogP contribution in [0.5, 0.6) is 0 Å². The monoisotopic (exact) mass is 397 g/mol. The quantitative estimate of drug-likeness (QED) is 0.813. The Balaban J connectivity index is 1.79. The van der Waals surface area contributed by atoms with Gasteiger partial charge in [0, 0.05) is 31.7 Å². The number of amides is 3. The molecule has 6 heteroatoms. The van der Waals surface area contributed by atoms with E-state index in [1.165, 1.54) is 0 Å². The summed E-state index contributed by atoms with van der Waals surface area (Å²) in [5, 5.41) is 4.86. The van der Waals surface area contributed by atoms with E-state index in [1.54, 1.807) is 4.90 Å². The molecule has 2 aromatic rings. The molecule has 0 saturated carbocycles. The van der Waals surface area contributed by atoms with Gasteiger partial charge in [0.05, 0.1) is 19.3 Å². The van der Waals surface area contributed by atoms with Crippen LogP contribution in [-0.2, 0) is 4.74 Å². The Hall–Kier alpha value is -2.60. The van der Waals surface area contributed by atoms with Crippen molar-refractivity contribution in [3.05, 3.63) is 48.0 Å². The first-order valence-electron chi connectivity index (χ1n) is 10.4. The molecular formula is C23H31N3O3. The molecule has 6 nitrogen and oxygen atoms in total. The maximum atomic E-state index is 13.5. The van der Waals surface area contributed by atoms with Crippen molar-refractivity contribution in [3.63, 3.8) is 0 Å². The minimum Gasteiger partial charge on any atom is -0.373 e. The van der Waals surface area contributed by atoms with Gasteiger partial charge in [-0.15, -0.1) is 0 Å². The number of hydrogen-bond donors (Lipinski definition) is 1. The van der Waals surface area contributed by atoms with Gasteiger partial charge in [-0.2, -0.15) is 0 Å². The third-order valence-corrected chi connectivity index (χ3v) is 5.07. The summed E-state index contributed by atoms with van der Waals surface area (Å²) in [6.45, 7) is 9.37. The average Bonchev–Trinajstić information content (AvgIpc) is 2.72. The maximum Gasteiger partial charge on any atom is 0.317 e. The Morgan fingerprint density at radius 1 is 1.21 bits per heavy atom. The van der Waals surface area contributed by atoms with Gasteiger partial charge in [-0.05, 0) is 29.7 Å². The molecule has 0 aromatic heterocycles. The molecule has 1 fully saturated rings. The lowest BCUT2D eigenvalue weighted by Crippen LogP contribution is -2.53. The van der Waals surface area contributed by atoms with Crippen LogP contribution in [-0.4, -0.2) is 67.2 Å². The molecule has 1 aliphatic heterocycles. The normalized spacial score (nSPS) is 16.8. The summed E-state index contributed by atoms with van der Waals surface area (Å²) in [5.74, 6) is 0.339. The summed E-state index contributed by atoms with van der Waals surface area (Å²) < 4.78 is 5.91. The van der Waals surface area contributed by atoms with Gasteiger partial charge < -0.3 is 19.9 Å². The number of carbonyl (C=O) groups is 2. The molecule has 3 rings (SSSR count). The van der Waals surface area contributed by atoms with Gasteiger partial charge in [0.2, 0.25) is 0 Å². The first-order chi connectivity index (χ1) is 14.0. The first kappa shape index (κ1) is 21.1. The number of ether oxygens (including phenoxy) is 1. The van der Waals surface area contributed by atoms with E-state index in [4.69, 9.17) is 4.74 Å². The van der Waals surface area contributed by atoms with Crippen LogP contribution in [0.2, 0.25) is 0 Å². The topological polar surface area (TPSA) is 61.9 Å². The Morgan fingerprint density at radius 3 is 2.72 bits per heavy atom. The second-order valence-corrected chi connectivity index (χ2v) is 7.90. The van der Waals surface area contributed by atoms with Crippen molar-refractivity contribution in [2.45, 2.75) is 26.9 Å². The molecule has 0 aliphatic carbocycles. The molecule has 1 unspecified atom stereocenters. The highest BCUT2D eigenvalue weighted by Gasteiger charge is 2.28. The molecule has 0 radical (unpaired) electrons. The van der Waals surface area contributed by atoms with E-state index >= 15 is 0 Å². The zero-order chi connectivity index (χ0) is 20.8. The number of carbonyl (C=O) groups excluding carboxylic acids is 2. The maximum absolute atomic E-state index is 13.5. The SMILES string of the molecule is CCNC(=O)N1CCOC(CN(CC(C)C)C(=O)c2cccc3ccccc23)C1. The third kappa shape index (κ3) is 5.26. The van der Waals surface area contributed by atoms with Crippen molar-refractivity contribution in [2.75, 3.05) is 39.3 Å². The van der Waals surface area contributed by atoms with E-state index in [1.807, 2.05) is 54.3 Å². The highest BCUT2D eigenvalue weighted by Crippen LogP contribution is 2.21. The van der Waals surface area contributed by atoms with Gasteiger partial charge in [-0.25, -0.2) is 4.79 Å².